The second-order valence-corrected chi connectivity index (χ2v) is 4.72. The van der Waals surface area contributed by atoms with E-state index in [4.69, 9.17) is 33.8 Å². The maximum Gasteiger partial charge on any atom is 0.129 e. The zero-order valence-electron chi connectivity index (χ0n) is 10.2. The van der Waals surface area contributed by atoms with Crippen molar-refractivity contribution in [1.82, 2.24) is 10.4 Å². The first-order chi connectivity index (χ1) is 9.15. The number of hydrogen-bond acceptors (Lipinski definition) is 4. The van der Waals surface area contributed by atoms with E-state index in [1.165, 1.54) is 0 Å². The molecule has 1 atom stereocenters. The second kappa shape index (κ2) is 6.21. The van der Waals surface area contributed by atoms with Gasteiger partial charge in [0.05, 0.1) is 13.2 Å². The van der Waals surface area contributed by atoms with Crippen LogP contribution in [0.25, 0.3) is 0 Å². The number of aromatic nitrogens is 1. The quantitative estimate of drug-likeness (QED) is 0.517. The molecule has 3 N–H and O–H groups in total. The molecule has 0 radical (unpaired) electrons. The molecule has 0 saturated carbocycles. The Labute approximate surface area is 121 Å². The number of rotatable bonds is 4. The highest BCUT2D eigenvalue weighted by molar-refractivity contribution is 6.30. The van der Waals surface area contributed by atoms with Gasteiger partial charge in [-0.3, -0.25) is 5.84 Å². The predicted molar refractivity (Wildman–Crippen MR) is 76.4 cm³/mol. The molecule has 1 aromatic heterocycles. The highest BCUT2D eigenvalue weighted by atomic mass is 35.5. The Kier molecular flexibility index (Phi) is 4.61. The van der Waals surface area contributed by atoms with Crippen molar-refractivity contribution >= 4 is 23.2 Å². The molecule has 1 heterocycles. The molecule has 6 heteroatoms. The number of benzene rings is 1. The minimum absolute atomic E-state index is 0.283. The van der Waals surface area contributed by atoms with Crippen molar-refractivity contribution in [1.29, 1.82) is 0 Å². The molecule has 1 aromatic carbocycles. The average Bonchev–Trinajstić information content (AvgIpc) is 2.40. The Hall–Kier alpha value is -1.33. The summed E-state index contributed by atoms with van der Waals surface area (Å²) in [4.78, 5) is 3.95. The summed E-state index contributed by atoms with van der Waals surface area (Å²) in [5.41, 5.74) is 4.45. The molecule has 0 saturated heterocycles. The first kappa shape index (κ1) is 14.1. The second-order valence-electron chi connectivity index (χ2n) is 3.90. The monoisotopic (exact) mass is 297 g/mol. The van der Waals surface area contributed by atoms with Crippen LogP contribution in [0, 0.1) is 0 Å². The summed E-state index contributed by atoms with van der Waals surface area (Å²) in [6.45, 7) is 0. The van der Waals surface area contributed by atoms with Crippen molar-refractivity contribution in [3.8, 4) is 5.75 Å². The third-order valence-electron chi connectivity index (χ3n) is 2.75. The van der Waals surface area contributed by atoms with E-state index in [0.29, 0.717) is 15.9 Å². The van der Waals surface area contributed by atoms with Gasteiger partial charge in [-0.15, -0.1) is 0 Å². The SMILES string of the molecule is COc1ccc(Cl)cc1C(NN)c1ccnc(Cl)c1. The van der Waals surface area contributed by atoms with E-state index in [1.54, 1.807) is 37.6 Å². The molecule has 0 spiro atoms. The van der Waals surface area contributed by atoms with Crippen LogP contribution in [-0.4, -0.2) is 12.1 Å². The largest absolute Gasteiger partial charge is 0.496 e. The van der Waals surface area contributed by atoms with Crippen LogP contribution >= 0.6 is 23.2 Å². The normalized spacial score (nSPS) is 12.2. The minimum Gasteiger partial charge on any atom is -0.496 e. The van der Waals surface area contributed by atoms with Crippen molar-refractivity contribution in [3.05, 3.63) is 57.8 Å². The van der Waals surface area contributed by atoms with Gasteiger partial charge in [0.15, 0.2) is 0 Å². The van der Waals surface area contributed by atoms with Gasteiger partial charge in [0.1, 0.15) is 10.9 Å². The summed E-state index contributed by atoms with van der Waals surface area (Å²) in [6.07, 6.45) is 1.62. The Morgan fingerprint density at radius 3 is 2.68 bits per heavy atom. The zero-order chi connectivity index (χ0) is 13.8. The lowest BCUT2D eigenvalue weighted by molar-refractivity contribution is 0.404. The van der Waals surface area contributed by atoms with E-state index in [2.05, 4.69) is 10.4 Å². The summed E-state index contributed by atoms with van der Waals surface area (Å²) < 4.78 is 5.33. The minimum atomic E-state index is -0.283. The molecule has 0 aliphatic rings. The lowest BCUT2D eigenvalue weighted by atomic mass is 9.99. The van der Waals surface area contributed by atoms with E-state index in [-0.39, 0.29) is 6.04 Å². The fraction of sp³-hybridized carbons (Fsp3) is 0.154. The Bertz CT molecular complexity index is 578. The van der Waals surface area contributed by atoms with Crippen LogP contribution in [-0.2, 0) is 0 Å². The number of hydrogen-bond donors (Lipinski definition) is 2. The van der Waals surface area contributed by atoms with Crippen molar-refractivity contribution < 1.29 is 4.74 Å². The van der Waals surface area contributed by atoms with Crippen LogP contribution in [0.2, 0.25) is 10.2 Å². The number of methoxy groups -OCH3 is 1. The first-order valence-electron chi connectivity index (χ1n) is 5.56. The fourth-order valence-corrected chi connectivity index (χ4v) is 2.26. The summed E-state index contributed by atoms with van der Waals surface area (Å²) in [6, 6.07) is 8.65. The summed E-state index contributed by atoms with van der Waals surface area (Å²) in [5, 5.41) is 1.01. The Morgan fingerprint density at radius 1 is 1.26 bits per heavy atom. The maximum atomic E-state index is 6.03. The molecule has 1 unspecified atom stereocenters. The van der Waals surface area contributed by atoms with Crippen molar-refractivity contribution in [2.45, 2.75) is 6.04 Å². The zero-order valence-corrected chi connectivity index (χ0v) is 11.7. The van der Waals surface area contributed by atoms with Crippen LogP contribution in [0.1, 0.15) is 17.2 Å². The Balaban J connectivity index is 2.50. The van der Waals surface area contributed by atoms with Crippen molar-refractivity contribution in [2.75, 3.05) is 7.11 Å². The summed E-state index contributed by atoms with van der Waals surface area (Å²) in [5.74, 6) is 6.34. The number of ether oxygens (including phenoxy) is 1. The number of nitrogens with zero attached hydrogens (tertiary/aromatic N) is 1. The third kappa shape index (κ3) is 3.16. The molecule has 0 amide bonds. The number of halogens is 2. The molecular weight excluding hydrogens is 285 g/mol. The van der Waals surface area contributed by atoms with Crippen LogP contribution in [0.5, 0.6) is 5.75 Å². The van der Waals surface area contributed by atoms with Crippen LogP contribution in [0.15, 0.2) is 36.5 Å². The van der Waals surface area contributed by atoms with E-state index < -0.39 is 0 Å². The summed E-state index contributed by atoms with van der Waals surface area (Å²) in [7, 11) is 1.60. The highest BCUT2D eigenvalue weighted by Gasteiger charge is 2.18. The molecule has 0 fully saturated rings. The van der Waals surface area contributed by atoms with Gasteiger partial charge >= 0.3 is 0 Å². The molecule has 0 aliphatic heterocycles. The molecule has 19 heavy (non-hydrogen) atoms. The van der Waals surface area contributed by atoms with Crippen molar-refractivity contribution in [2.24, 2.45) is 5.84 Å². The predicted octanol–water partition coefficient (Wildman–Crippen LogP) is 2.95. The molecule has 0 bridgehead atoms. The van der Waals surface area contributed by atoms with Crippen LogP contribution < -0.4 is 16.0 Å². The van der Waals surface area contributed by atoms with Crippen LogP contribution in [0.4, 0.5) is 0 Å². The molecular formula is C13H13Cl2N3O. The summed E-state index contributed by atoms with van der Waals surface area (Å²) >= 11 is 11.9. The van der Waals surface area contributed by atoms with Gasteiger partial charge in [0.2, 0.25) is 0 Å². The average molecular weight is 298 g/mol. The van der Waals surface area contributed by atoms with Gasteiger partial charge in [0, 0.05) is 16.8 Å². The molecule has 2 aromatic rings. The van der Waals surface area contributed by atoms with E-state index in [1.807, 2.05) is 6.07 Å². The third-order valence-corrected chi connectivity index (χ3v) is 3.20. The van der Waals surface area contributed by atoms with Gasteiger partial charge in [-0.1, -0.05) is 23.2 Å². The fourth-order valence-electron chi connectivity index (χ4n) is 1.89. The van der Waals surface area contributed by atoms with E-state index in [0.717, 1.165) is 11.1 Å². The number of nitrogens with one attached hydrogen (secondary N) is 1. The number of nitrogens with two attached hydrogens (primary N) is 1. The van der Waals surface area contributed by atoms with Gasteiger partial charge in [-0.05, 0) is 35.9 Å². The molecule has 0 aliphatic carbocycles. The van der Waals surface area contributed by atoms with Gasteiger partial charge in [-0.25, -0.2) is 10.4 Å². The van der Waals surface area contributed by atoms with Crippen LogP contribution in [0.3, 0.4) is 0 Å². The first-order valence-corrected chi connectivity index (χ1v) is 6.32. The Morgan fingerprint density at radius 2 is 2.05 bits per heavy atom. The lowest BCUT2D eigenvalue weighted by Gasteiger charge is -2.19. The van der Waals surface area contributed by atoms with Gasteiger partial charge in [0.25, 0.3) is 0 Å². The highest BCUT2D eigenvalue weighted by Crippen LogP contribution is 2.32. The topological polar surface area (TPSA) is 60.2 Å². The lowest BCUT2D eigenvalue weighted by Crippen LogP contribution is -2.29. The van der Waals surface area contributed by atoms with E-state index >= 15 is 0 Å². The van der Waals surface area contributed by atoms with E-state index in [9.17, 15) is 0 Å². The smallest absolute Gasteiger partial charge is 0.129 e. The maximum absolute atomic E-state index is 6.03. The molecule has 4 nitrogen and oxygen atoms in total. The van der Waals surface area contributed by atoms with Crippen molar-refractivity contribution in [3.63, 3.8) is 0 Å². The number of pyridine rings is 1. The van der Waals surface area contributed by atoms with Gasteiger partial charge in [-0.2, -0.15) is 0 Å². The molecule has 2 rings (SSSR count). The number of hydrazine groups is 1. The standard InChI is InChI=1S/C13H13Cl2N3O/c1-19-11-3-2-9(14)7-10(11)13(18-16)8-4-5-17-12(15)6-8/h2-7,13,18H,16H2,1H3. The molecule has 100 valence electrons. The van der Waals surface area contributed by atoms with Gasteiger partial charge < -0.3 is 4.74 Å².